The molecule has 0 spiro atoms. The number of carbonyl (C=O) groups is 2. The molecule has 2 aromatic rings. The lowest BCUT2D eigenvalue weighted by molar-refractivity contribution is -0.142. The third-order valence-corrected chi connectivity index (χ3v) is 5.29. The molecule has 0 aliphatic carbocycles. The van der Waals surface area contributed by atoms with E-state index in [4.69, 9.17) is 16.3 Å². The van der Waals surface area contributed by atoms with Crippen LogP contribution < -0.4 is 10.1 Å². The molecule has 1 N–H and O–H groups in total. The third kappa shape index (κ3) is 7.37. The van der Waals surface area contributed by atoms with Gasteiger partial charge in [0, 0.05) is 18.1 Å². The minimum absolute atomic E-state index is 0.171. The van der Waals surface area contributed by atoms with Crippen molar-refractivity contribution in [2.24, 2.45) is 0 Å². The second-order valence-corrected chi connectivity index (χ2v) is 7.98. The molecule has 0 aliphatic rings. The molecule has 0 unspecified atom stereocenters. The van der Waals surface area contributed by atoms with Crippen molar-refractivity contribution >= 4 is 39.3 Å². The Morgan fingerprint density at radius 2 is 1.93 bits per heavy atom. The molecular weight excluding hydrogens is 456 g/mol. The Hall–Kier alpha value is -2.05. The first-order chi connectivity index (χ1) is 13.9. The molecule has 0 saturated carbocycles. The molecule has 2 amide bonds. The van der Waals surface area contributed by atoms with Crippen LogP contribution in [0.25, 0.3) is 0 Å². The SMILES string of the molecule is CCCCNC(=O)[C@H](C)N(Cc1ccccc1)C(=O)COc1ccc(Cl)cc1Br. The first-order valence-electron chi connectivity index (χ1n) is 9.61. The molecular formula is C22H26BrClN2O3. The van der Waals surface area contributed by atoms with Crippen molar-refractivity contribution in [2.75, 3.05) is 13.2 Å². The van der Waals surface area contributed by atoms with Crippen LogP contribution in [0, 0.1) is 0 Å². The smallest absolute Gasteiger partial charge is 0.261 e. The van der Waals surface area contributed by atoms with Gasteiger partial charge in [0.25, 0.3) is 5.91 Å². The number of rotatable bonds is 10. The summed E-state index contributed by atoms with van der Waals surface area (Å²) >= 11 is 9.32. The van der Waals surface area contributed by atoms with Gasteiger partial charge in [-0.15, -0.1) is 0 Å². The van der Waals surface area contributed by atoms with Crippen LogP contribution in [0.1, 0.15) is 32.3 Å². The summed E-state index contributed by atoms with van der Waals surface area (Å²) in [5.74, 6) is 0.0757. The Kier molecular flexibility index (Phi) is 9.48. The fourth-order valence-electron chi connectivity index (χ4n) is 2.71. The van der Waals surface area contributed by atoms with Crippen LogP contribution in [-0.2, 0) is 16.1 Å². The highest BCUT2D eigenvalue weighted by Gasteiger charge is 2.26. The van der Waals surface area contributed by atoms with E-state index in [1.807, 2.05) is 30.3 Å². The second kappa shape index (κ2) is 11.8. The molecule has 0 radical (unpaired) electrons. The molecule has 156 valence electrons. The fraction of sp³-hybridized carbons (Fsp3) is 0.364. The first kappa shape index (κ1) is 23.2. The van der Waals surface area contributed by atoms with E-state index in [0.717, 1.165) is 18.4 Å². The zero-order valence-corrected chi connectivity index (χ0v) is 19.0. The van der Waals surface area contributed by atoms with E-state index in [0.29, 0.717) is 28.3 Å². The van der Waals surface area contributed by atoms with Crippen LogP contribution in [-0.4, -0.2) is 35.9 Å². The number of hydrogen-bond acceptors (Lipinski definition) is 3. The molecule has 0 fully saturated rings. The highest BCUT2D eigenvalue weighted by molar-refractivity contribution is 9.10. The molecule has 7 heteroatoms. The molecule has 2 rings (SSSR count). The summed E-state index contributed by atoms with van der Waals surface area (Å²) in [4.78, 5) is 27.0. The van der Waals surface area contributed by atoms with Gasteiger partial charge in [-0.3, -0.25) is 9.59 Å². The number of nitrogens with one attached hydrogen (secondary N) is 1. The largest absolute Gasteiger partial charge is 0.483 e. The fourth-order valence-corrected chi connectivity index (χ4v) is 3.51. The number of carbonyl (C=O) groups excluding carboxylic acids is 2. The van der Waals surface area contributed by atoms with Crippen molar-refractivity contribution < 1.29 is 14.3 Å². The van der Waals surface area contributed by atoms with Gasteiger partial charge in [0.15, 0.2) is 6.61 Å². The minimum atomic E-state index is -0.614. The van der Waals surface area contributed by atoms with Crippen molar-refractivity contribution in [1.82, 2.24) is 10.2 Å². The van der Waals surface area contributed by atoms with Gasteiger partial charge in [-0.25, -0.2) is 0 Å². The van der Waals surface area contributed by atoms with Gasteiger partial charge in [-0.05, 0) is 53.0 Å². The Balaban J connectivity index is 2.10. The summed E-state index contributed by atoms with van der Waals surface area (Å²) in [5, 5.41) is 3.47. The molecule has 1 atom stereocenters. The quantitative estimate of drug-likeness (QED) is 0.495. The Labute approximate surface area is 185 Å². The molecule has 5 nitrogen and oxygen atoms in total. The average Bonchev–Trinajstić information content (AvgIpc) is 2.71. The van der Waals surface area contributed by atoms with E-state index in [-0.39, 0.29) is 18.4 Å². The van der Waals surface area contributed by atoms with E-state index in [1.54, 1.807) is 30.0 Å². The van der Waals surface area contributed by atoms with Crippen LogP contribution >= 0.6 is 27.5 Å². The topological polar surface area (TPSA) is 58.6 Å². The summed E-state index contributed by atoms with van der Waals surface area (Å²) in [7, 11) is 0. The van der Waals surface area contributed by atoms with Gasteiger partial charge in [-0.1, -0.05) is 55.3 Å². The van der Waals surface area contributed by atoms with E-state index < -0.39 is 6.04 Å². The van der Waals surface area contributed by atoms with E-state index >= 15 is 0 Å². The Bertz CT molecular complexity index is 817. The number of unbranched alkanes of at least 4 members (excludes halogenated alkanes) is 1. The van der Waals surface area contributed by atoms with Crippen molar-refractivity contribution in [1.29, 1.82) is 0 Å². The highest BCUT2D eigenvalue weighted by Crippen LogP contribution is 2.28. The normalized spacial score (nSPS) is 11.6. The zero-order chi connectivity index (χ0) is 21.2. The van der Waals surface area contributed by atoms with Gasteiger partial charge >= 0.3 is 0 Å². The number of ether oxygens (including phenoxy) is 1. The molecule has 0 saturated heterocycles. The lowest BCUT2D eigenvalue weighted by atomic mass is 10.1. The average molecular weight is 482 g/mol. The summed E-state index contributed by atoms with van der Waals surface area (Å²) in [6.45, 7) is 4.54. The highest BCUT2D eigenvalue weighted by atomic mass is 79.9. The van der Waals surface area contributed by atoms with Crippen LogP contribution in [0.5, 0.6) is 5.75 Å². The number of nitrogens with zero attached hydrogens (tertiary/aromatic N) is 1. The van der Waals surface area contributed by atoms with Crippen LogP contribution in [0.4, 0.5) is 0 Å². The molecule has 2 aromatic carbocycles. The number of halogens is 2. The van der Waals surface area contributed by atoms with Crippen molar-refractivity contribution in [3.63, 3.8) is 0 Å². The summed E-state index contributed by atoms with van der Waals surface area (Å²) in [6, 6.07) is 14.1. The number of amides is 2. The maximum Gasteiger partial charge on any atom is 0.261 e. The van der Waals surface area contributed by atoms with Gasteiger partial charge in [0.1, 0.15) is 11.8 Å². The lowest BCUT2D eigenvalue weighted by Gasteiger charge is -2.28. The molecule has 29 heavy (non-hydrogen) atoms. The minimum Gasteiger partial charge on any atom is -0.483 e. The van der Waals surface area contributed by atoms with Gasteiger partial charge < -0.3 is 15.0 Å². The van der Waals surface area contributed by atoms with Crippen molar-refractivity contribution in [3.05, 3.63) is 63.6 Å². The first-order valence-corrected chi connectivity index (χ1v) is 10.8. The lowest BCUT2D eigenvalue weighted by Crippen LogP contribution is -2.49. The van der Waals surface area contributed by atoms with E-state index in [2.05, 4.69) is 28.2 Å². The molecule has 0 bridgehead atoms. The van der Waals surface area contributed by atoms with E-state index in [1.165, 1.54) is 0 Å². The Morgan fingerprint density at radius 1 is 1.21 bits per heavy atom. The number of benzene rings is 2. The summed E-state index contributed by atoms with van der Waals surface area (Å²) < 4.78 is 6.34. The van der Waals surface area contributed by atoms with Crippen molar-refractivity contribution in [3.8, 4) is 5.75 Å². The van der Waals surface area contributed by atoms with Crippen molar-refractivity contribution in [2.45, 2.75) is 39.3 Å². The van der Waals surface area contributed by atoms with Gasteiger partial charge in [-0.2, -0.15) is 0 Å². The maximum atomic E-state index is 13.0. The van der Waals surface area contributed by atoms with Crippen LogP contribution in [0.2, 0.25) is 5.02 Å². The standard InChI is InChI=1S/C22H26BrClN2O3/c1-3-4-12-25-22(28)16(2)26(14-17-8-6-5-7-9-17)21(27)15-29-20-11-10-18(24)13-19(20)23/h5-11,13,16H,3-4,12,14-15H2,1-2H3,(H,25,28)/t16-/m0/s1. The summed E-state index contributed by atoms with van der Waals surface area (Å²) in [5.41, 5.74) is 0.946. The second-order valence-electron chi connectivity index (χ2n) is 6.69. The summed E-state index contributed by atoms with van der Waals surface area (Å²) in [6.07, 6.45) is 1.89. The van der Waals surface area contributed by atoms with Gasteiger partial charge in [0.05, 0.1) is 4.47 Å². The molecule has 0 aromatic heterocycles. The predicted molar refractivity (Wildman–Crippen MR) is 119 cm³/mol. The molecule has 0 aliphatic heterocycles. The molecule has 0 heterocycles. The Morgan fingerprint density at radius 3 is 2.59 bits per heavy atom. The van der Waals surface area contributed by atoms with Crippen LogP contribution in [0.15, 0.2) is 53.0 Å². The predicted octanol–water partition coefficient (Wildman–Crippen LogP) is 4.81. The third-order valence-electron chi connectivity index (χ3n) is 4.44. The monoisotopic (exact) mass is 480 g/mol. The maximum absolute atomic E-state index is 13.0. The van der Waals surface area contributed by atoms with E-state index in [9.17, 15) is 9.59 Å². The van der Waals surface area contributed by atoms with Gasteiger partial charge in [0.2, 0.25) is 5.91 Å². The van der Waals surface area contributed by atoms with Crippen LogP contribution in [0.3, 0.4) is 0 Å². The number of hydrogen-bond donors (Lipinski definition) is 1. The zero-order valence-electron chi connectivity index (χ0n) is 16.7.